The van der Waals surface area contributed by atoms with Gasteiger partial charge in [0, 0.05) is 44.5 Å². The average Bonchev–Trinajstić information content (AvgIpc) is 3.10. The molecule has 5 heteroatoms. The first kappa shape index (κ1) is 18.8. The highest BCUT2D eigenvalue weighted by molar-refractivity contribution is 5.77. The molecule has 0 radical (unpaired) electrons. The molecular weight excluding hydrogens is 370 g/mol. The van der Waals surface area contributed by atoms with E-state index in [0.29, 0.717) is 0 Å². The normalized spacial score (nSPS) is 15.1. The molecule has 30 heavy (non-hydrogen) atoms. The number of anilines is 1. The Bertz CT molecular complexity index is 1150. The van der Waals surface area contributed by atoms with Crippen LogP contribution in [0.15, 0.2) is 66.9 Å². The summed E-state index contributed by atoms with van der Waals surface area (Å²) in [6, 6.07) is 21.4. The zero-order valence-corrected chi connectivity index (χ0v) is 17.6. The molecule has 4 aromatic rings. The van der Waals surface area contributed by atoms with Crippen LogP contribution in [-0.2, 0) is 6.54 Å². The van der Waals surface area contributed by atoms with Crippen LogP contribution in [0.3, 0.4) is 0 Å². The lowest BCUT2D eigenvalue weighted by molar-refractivity contribution is 0.312. The second-order valence-electron chi connectivity index (χ2n) is 8.10. The molecule has 1 aliphatic rings. The first-order chi connectivity index (χ1) is 14.7. The van der Waals surface area contributed by atoms with Crippen molar-refractivity contribution in [2.75, 3.05) is 38.1 Å². The number of hydrogen-bond acceptors (Lipinski definition) is 4. The van der Waals surface area contributed by atoms with Crippen LogP contribution in [0.4, 0.5) is 5.82 Å². The van der Waals surface area contributed by atoms with Gasteiger partial charge in [-0.15, -0.1) is 0 Å². The van der Waals surface area contributed by atoms with Crippen LogP contribution in [0.5, 0.6) is 0 Å². The van der Waals surface area contributed by atoms with Crippen molar-refractivity contribution in [1.29, 1.82) is 0 Å². The fraction of sp³-hybridized carbons (Fsp3) is 0.280. The van der Waals surface area contributed by atoms with Crippen molar-refractivity contribution in [2.45, 2.75) is 13.5 Å². The largest absolute Gasteiger partial charge is 0.354 e. The van der Waals surface area contributed by atoms with Gasteiger partial charge < -0.3 is 14.4 Å². The Morgan fingerprint density at radius 3 is 2.43 bits per heavy atom. The van der Waals surface area contributed by atoms with E-state index in [9.17, 15) is 0 Å². The van der Waals surface area contributed by atoms with Gasteiger partial charge in [0.25, 0.3) is 0 Å². The number of benzene rings is 2. The van der Waals surface area contributed by atoms with E-state index in [1.165, 1.54) is 22.2 Å². The van der Waals surface area contributed by atoms with Crippen LogP contribution in [0.25, 0.3) is 22.2 Å². The zero-order valence-electron chi connectivity index (χ0n) is 17.6. The van der Waals surface area contributed by atoms with E-state index >= 15 is 0 Å². The summed E-state index contributed by atoms with van der Waals surface area (Å²) in [5.41, 5.74) is 5.93. The third-order valence-corrected chi connectivity index (χ3v) is 6.04. The van der Waals surface area contributed by atoms with Crippen molar-refractivity contribution in [2.24, 2.45) is 0 Å². The minimum atomic E-state index is 0.824. The summed E-state index contributed by atoms with van der Waals surface area (Å²) in [5.74, 6) is 2.14. The van der Waals surface area contributed by atoms with Gasteiger partial charge in [-0.05, 0) is 49.4 Å². The summed E-state index contributed by atoms with van der Waals surface area (Å²) in [5, 5.41) is 0. The Morgan fingerprint density at radius 2 is 1.63 bits per heavy atom. The smallest absolute Gasteiger partial charge is 0.136 e. The number of para-hydroxylation sites is 2. The number of aryl methyl sites for hydroxylation is 1. The van der Waals surface area contributed by atoms with Crippen LogP contribution in [-0.4, -0.2) is 52.7 Å². The van der Waals surface area contributed by atoms with E-state index in [1.54, 1.807) is 0 Å². The summed E-state index contributed by atoms with van der Waals surface area (Å²) < 4.78 is 2.28. The highest BCUT2D eigenvalue weighted by Gasteiger charge is 2.18. The van der Waals surface area contributed by atoms with Gasteiger partial charge in [0.1, 0.15) is 11.6 Å². The molecule has 5 nitrogen and oxygen atoms in total. The first-order valence-corrected chi connectivity index (χ1v) is 10.6. The maximum absolute atomic E-state index is 4.73. The Labute approximate surface area is 177 Å². The van der Waals surface area contributed by atoms with Crippen LogP contribution < -0.4 is 4.90 Å². The lowest BCUT2D eigenvalue weighted by Gasteiger charge is -2.34. The zero-order chi connectivity index (χ0) is 20.5. The molecule has 1 aliphatic heterocycles. The molecule has 0 unspecified atom stereocenters. The molecule has 0 bridgehead atoms. The molecule has 0 atom stereocenters. The average molecular weight is 398 g/mol. The van der Waals surface area contributed by atoms with Gasteiger partial charge in [-0.2, -0.15) is 0 Å². The molecule has 0 aliphatic carbocycles. The minimum absolute atomic E-state index is 0.824. The molecule has 2 aromatic carbocycles. The highest BCUT2D eigenvalue weighted by Crippen LogP contribution is 2.30. The third kappa shape index (κ3) is 3.57. The van der Waals surface area contributed by atoms with Crippen molar-refractivity contribution in [3.05, 3.63) is 78.2 Å². The standard InChI is InChI=1S/C25H27N5/c1-19-27-23-7-3-4-8-24(23)30(19)18-20-9-11-21(12-10-20)22-6-5-13-26-25(22)29-16-14-28(2)15-17-29/h3-13H,14-18H2,1-2H3. The fourth-order valence-electron chi connectivity index (χ4n) is 4.26. The summed E-state index contributed by atoms with van der Waals surface area (Å²) in [6.45, 7) is 7.09. The van der Waals surface area contributed by atoms with Gasteiger partial charge >= 0.3 is 0 Å². The summed E-state index contributed by atoms with van der Waals surface area (Å²) in [7, 11) is 2.18. The van der Waals surface area contributed by atoms with E-state index in [1.807, 2.05) is 18.3 Å². The molecule has 1 saturated heterocycles. The molecule has 0 N–H and O–H groups in total. The van der Waals surface area contributed by atoms with Gasteiger partial charge in [0.15, 0.2) is 0 Å². The van der Waals surface area contributed by atoms with Gasteiger partial charge in [-0.25, -0.2) is 9.97 Å². The van der Waals surface area contributed by atoms with Gasteiger partial charge in [-0.3, -0.25) is 0 Å². The molecule has 3 heterocycles. The number of fused-ring (bicyclic) bond motifs is 1. The quantitative estimate of drug-likeness (QED) is 0.517. The van der Waals surface area contributed by atoms with E-state index in [0.717, 1.165) is 49.9 Å². The van der Waals surface area contributed by atoms with Crippen LogP contribution in [0.1, 0.15) is 11.4 Å². The van der Waals surface area contributed by atoms with Crippen molar-refractivity contribution < 1.29 is 0 Å². The number of rotatable bonds is 4. The SMILES string of the molecule is Cc1nc2ccccc2n1Cc1ccc(-c2cccnc2N2CCN(C)CC2)cc1. The molecule has 0 saturated carbocycles. The number of aromatic nitrogens is 3. The molecule has 0 spiro atoms. The van der Waals surface area contributed by atoms with Gasteiger partial charge in [-0.1, -0.05) is 36.4 Å². The second-order valence-corrected chi connectivity index (χ2v) is 8.10. The Balaban J connectivity index is 1.41. The second kappa shape index (κ2) is 7.92. The fourth-order valence-corrected chi connectivity index (χ4v) is 4.26. The maximum Gasteiger partial charge on any atom is 0.136 e. The first-order valence-electron chi connectivity index (χ1n) is 10.6. The van der Waals surface area contributed by atoms with Crippen LogP contribution in [0, 0.1) is 6.92 Å². The summed E-state index contributed by atoms with van der Waals surface area (Å²) in [4.78, 5) is 14.2. The Morgan fingerprint density at radius 1 is 0.867 bits per heavy atom. The Hall–Kier alpha value is -3.18. The van der Waals surface area contributed by atoms with Gasteiger partial charge in [0.2, 0.25) is 0 Å². The number of pyridine rings is 1. The van der Waals surface area contributed by atoms with Crippen molar-refractivity contribution >= 4 is 16.9 Å². The lowest BCUT2D eigenvalue weighted by atomic mass is 10.0. The van der Waals surface area contributed by atoms with Gasteiger partial charge in [0.05, 0.1) is 11.0 Å². The van der Waals surface area contributed by atoms with Crippen molar-refractivity contribution in [3.8, 4) is 11.1 Å². The number of likely N-dealkylation sites (N-methyl/N-ethyl adjacent to an activating group) is 1. The lowest BCUT2D eigenvalue weighted by Crippen LogP contribution is -2.45. The van der Waals surface area contributed by atoms with E-state index < -0.39 is 0 Å². The Kier molecular flexibility index (Phi) is 4.97. The van der Waals surface area contributed by atoms with Crippen molar-refractivity contribution in [3.63, 3.8) is 0 Å². The van der Waals surface area contributed by atoms with Crippen LogP contribution in [0.2, 0.25) is 0 Å². The molecular formula is C25H27N5. The van der Waals surface area contributed by atoms with E-state index in [-0.39, 0.29) is 0 Å². The molecule has 1 fully saturated rings. The molecule has 2 aromatic heterocycles. The summed E-state index contributed by atoms with van der Waals surface area (Å²) in [6.07, 6.45) is 1.90. The third-order valence-electron chi connectivity index (χ3n) is 6.04. The number of piperazine rings is 1. The van der Waals surface area contributed by atoms with E-state index in [4.69, 9.17) is 4.98 Å². The maximum atomic E-state index is 4.73. The van der Waals surface area contributed by atoms with Crippen molar-refractivity contribution in [1.82, 2.24) is 19.4 Å². The van der Waals surface area contributed by atoms with Crippen LogP contribution >= 0.6 is 0 Å². The molecule has 0 amide bonds. The number of nitrogens with zero attached hydrogens (tertiary/aromatic N) is 5. The highest BCUT2D eigenvalue weighted by atomic mass is 15.3. The van der Waals surface area contributed by atoms with E-state index in [2.05, 4.69) is 81.9 Å². The molecule has 5 rings (SSSR count). The predicted molar refractivity (Wildman–Crippen MR) is 123 cm³/mol. The predicted octanol–water partition coefficient (Wildman–Crippen LogP) is 4.21. The number of imidazole rings is 1. The topological polar surface area (TPSA) is 37.2 Å². The number of hydrogen-bond donors (Lipinski definition) is 0. The summed E-state index contributed by atoms with van der Waals surface area (Å²) >= 11 is 0. The minimum Gasteiger partial charge on any atom is -0.354 e. The monoisotopic (exact) mass is 397 g/mol. The molecule has 152 valence electrons.